The van der Waals surface area contributed by atoms with E-state index in [4.69, 9.17) is 5.26 Å². The molecular formula is C6H4F3N3. The molecule has 0 spiro atoms. The number of aromatic nitrogens is 2. The van der Waals surface area contributed by atoms with Gasteiger partial charge in [0.25, 0.3) is 0 Å². The fourth-order valence-electron chi connectivity index (χ4n) is 0.778. The van der Waals surface area contributed by atoms with Crippen molar-refractivity contribution in [2.75, 3.05) is 0 Å². The second kappa shape index (κ2) is 2.52. The van der Waals surface area contributed by atoms with Gasteiger partial charge in [-0.2, -0.15) is 23.5 Å². The van der Waals surface area contributed by atoms with E-state index in [9.17, 15) is 13.2 Å². The number of hydrogen-bond donors (Lipinski definition) is 0. The van der Waals surface area contributed by atoms with E-state index in [1.807, 2.05) is 0 Å². The minimum absolute atomic E-state index is 0.470. The lowest BCUT2D eigenvalue weighted by Gasteiger charge is -2.02. The van der Waals surface area contributed by atoms with Crippen LogP contribution in [0.5, 0.6) is 0 Å². The number of halogens is 3. The molecule has 1 rings (SSSR count). The van der Waals surface area contributed by atoms with Crippen LogP contribution in [0.3, 0.4) is 0 Å². The van der Waals surface area contributed by atoms with Crippen molar-refractivity contribution < 1.29 is 13.2 Å². The summed E-state index contributed by atoms with van der Waals surface area (Å²) in [5, 5.41) is 11.7. The molecule has 12 heavy (non-hydrogen) atoms. The van der Waals surface area contributed by atoms with Gasteiger partial charge in [-0.1, -0.05) is 0 Å². The molecule has 6 heteroatoms. The number of nitrogens with zero attached hydrogens (tertiary/aromatic N) is 3. The topological polar surface area (TPSA) is 41.6 Å². The molecule has 0 aliphatic rings. The van der Waals surface area contributed by atoms with Gasteiger partial charge in [-0.15, -0.1) is 0 Å². The summed E-state index contributed by atoms with van der Waals surface area (Å²) in [5.41, 5.74) is -1.46. The normalized spacial score (nSPS) is 11.2. The Labute approximate surface area is 66.0 Å². The SMILES string of the molecule is Cn1ncc(C(F)(F)F)c1C#N. The minimum atomic E-state index is -4.50. The molecule has 0 radical (unpaired) electrons. The Morgan fingerprint density at radius 1 is 1.58 bits per heavy atom. The molecule has 0 aliphatic heterocycles. The summed E-state index contributed by atoms with van der Waals surface area (Å²) in [5.74, 6) is 0. The van der Waals surface area contributed by atoms with Crippen molar-refractivity contribution >= 4 is 0 Å². The number of alkyl halides is 3. The first-order valence-electron chi connectivity index (χ1n) is 2.96. The average Bonchev–Trinajstić information content (AvgIpc) is 2.29. The summed E-state index contributed by atoms with van der Waals surface area (Å²) in [7, 11) is 1.29. The predicted octanol–water partition coefficient (Wildman–Crippen LogP) is 1.31. The summed E-state index contributed by atoms with van der Waals surface area (Å²) in [6.07, 6.45) is -3.86. The summed E-state index contributed by atoms with van der Waals surface area (Å²) in [6.45, 7) is 0. The van der Waals surface area contributed by atoms with Gasteiger partial charge in [0.05, 0.1) is 6.20 Å². The Bertz CT molecular complexity index is 331. The minimum Gasteiger partial charge on any atom is -0.257 e. The molecule has 0 unspecified atom stereocenters. The zero-order chi connectivity index (χ0) is 9.35. The van der Waals surface area contributed by atoms with E-state index in [-0.39, 0.29) is 0 Å². The maximum Gasteiger partial charge on any atom is 0.420 e. The molecule has 64 valence electrons. The third-order valence-electron chi connectivity index (χ3n) is 1.35. The molecule has 0 aliphatic carbocycles. The van der Waals surface area contributed by atoms with Crippen molar-refractivity contribution in [3.63, 3.8) is 0 Å². The van der Waals surface area contributed by atoms with Gasteiger partial charge >= 0.3 is 6.18 Å². The van der Waals surface area contributed by atoms with Crippen LogP contribution in [0.2, 0.25) is 0 Å². The molecule has 1 heterocycles. The highest BCUT2D eigenvalue weighted by Crippen LogP contribution is 2.30. The maximum absolute atomic E-state index is 12.0. The quantitative estimate of drug-likeness (QED) is 0.596. The molecule has 1 aromatic rings. The lowest BCUT2D eigenvalue weighted by Crippen LogP contribution is -2.07. The van der Waals surface area contributed by atoms with Crippen molar-refractivity contribution in [1.82, 2.24) is 9.78 Å². The smallest absolute Gasteiger partial charge is 0.257 e. The van der Waals surface area contributed by atoms with Crippen LogP contribution in [-0.4, -0.2) is 9.78 Å². The third-order valence-corrected chi connectivity index (χ3v) is 1.35. The van der Waals surface area contributed by atoms with E-state index in [0.29, 0.717) is 6.20 Å². The van der Waals surface area contributed by atoms with Crippen LogP contribution >= 0.6 is 0 Å². The second-order valence-corrected chi connectivity index (χ2v) is 2.14. The van der Waals surface area contributed by atoms with Crippen LogP contribution in [-0.2, 0) is 13.2 Å². The first-order valence-corrected chi connectivity index (χ1v) is 2.96. The van der Waals surface area contributed by atoms with Gasteiger partial charge in [0.1, 0.15) is 17.3 Å². The highest BCUT2D eigenvalue weighted by Gasteiger charge is 2.35. The molecule has 0 fully saturated rings. The van der Waals surface area contributed by atoms with Crippen LogP contribution in [0.4, 0.5) is 13.2 Å². The van der Waals surface area contributed by atoms with Gasteiger partial charge in [-0.05, 0) is 0 Å². The molecule has 0 N–H and O–H groups in total. The predicted molar refractivity (Wildman–Crippen MR) is 32.9 cm³/mol. The zero-order valence-corrected chi connectivity index (χ0v) is 6.05. The van der Waals surface area contributed by atoms with Crippen molar-refractivity contribution in [3.8, 4) is 6.07 Å². The average molecular weight is 175 g/mol. The Balaban J connectivity index is 3.28. The number of nitriles is 1. The molecule has 0 amide bonds. The molecule has 0 atom stereocenters. The van der Waals surface area contributed by atoms with E-state index in [2.05, 4.69) is 5.10 Å². The third kappa shape index (κ3) is 1.25. The summed E-state index contributed by atoms with van der Waals surface area (Å²) >= 11 is 0. The first-order chi connectivity index (χ1) is 5.46. The van der Waals surface area contributed by atoms with E-state index in [1.54, 1.807) is 0 Å². The van der Waals surface area contributed by atoms with Crippen molar-refractivity contribution in [2.24, 2.45) is 7.05 Å². The standard InChI is InChI=1S/C6H4F3N3/c1-12-5(2-10)4(3-11-12)6(7,8)9/h3H,1H3. The highest BCUT2D eigenvalue weighted by molar-refractivity contribution is 5.31. The largest absolute Gasteiger partial charge is 0.420 e. The molecule has 3 nitrogen and oxygen atoms in total. The zero-order valence-electron chi connectivity index (χ0n) is 6.05. The number of rotatable bonds is 0. The molecule has 0 bridgehead atoms. The lowest BCUT2D eigenvalue weighted by atomic mass is 10.2. The lowest BCUT2D eigenvalue weighted by molar-refractivity contribution is -0.137. The fourth-order valence-corrected chi connectivity index (χ4v) is 0.778. The highest BCUT2D eigenvalue weighted by atomic mass is 19.4. The Morgan fingerprint density at radius 3 is 2.50 bits per heavy atom. The second-order valence-electron chi connectivity index (χ2n) is 2.14. The maximum atomic E-state index is 12.0. The summed E-state index contributed by atoms with van der Waals surface area (Å²) in [6, 6.07) is 1.43. The number of hydrogen-bond acceptors (Lipinski definition) is 2. The Morgan fingerprint density at radius 2 is 2.17 bits per heavy atom. The van der Waals surface area contributed by atoms with Crippen LogP contribution < -0.4 is 0 Å². The van der Waals surface area contributed by atoms with Crippen molar-refractivity contribution in [3.05, 3.63) is 17.5 Å². The number of aryl methyl sites for hydroxylation is 1. The molecular weight excluding hydrogens is 171 g/mol. The van der Waals surface area contributed by atoms with Crippen molar-refractivity contribution in [2.45, 2.75) is 6.18 Å². The van der Waals surface area contributed by atoms with E-state index >= 15 is 0 Å². The van der Waals surface area contributed by atoms with E-state index < -0.39 is 17.4 Å². The molecule has 0 saturated carbocycles. The summed E-state index contributed by atoms with van der Waals surface area (Å²) in [4.78, 5) is 0. The first kappa shape index (κ1) is 8.59. The monoisotopic (exact) mass is 175 g/mol. The van der Waals surface area contributed by atoms with Crippen LogP contribution in [0.25, 0.3) is 0 Å². The van der Waals surface area contributed by atoms with Gasteiger partial charge in [-0.3, -0.25) is 4.68 Å². The van der Waals surface area contributed by atoms with Gasteiger partial charge in [0.2, 0.25) is 0 Å². The Hall–Kier alpha value is -1.51. The van der Waals surface area contributed by atoms with Gasteiger partial charge in [0, 0.05) is 7.05 Å². The van der Waals surface area contributed by atoms with Crippen molar-refractivity contribution in [1.29, 1.82) is 5.26 Å². The van der Waals surface area contributed by atoms with Crippen LogP contribution in [0.15, 0.2) is 6.20 Å². The Kier molecular flexibility index (Phi) is 1.80. The van der Waals surface area contributed by atoms with Crippen LogP contribution in [0, 0.1) is 11.3 Å². The van der Waals surface area contributed by atoms with Crippen LogP contribution in [0.1, 0.15) is 11.3 Å². The molecule has 0 aromatic carbocycles. The fraction of sp³-hybridized carbons (Fsp3) is 0.333. The van der Waals surface area contributed by atoms with E-state index in [1.165, 1.54) is 13.1 Å². The summed E-state index contributed by atoms with van der Waals surface area (Å²) < 4.78 is 37.0. The van der Waals surface area contributed by atoms with Gasteiger partial charge < -0.3 is 0 Å². The van der Waals surface area contributed by atoms with E-state index in [0.717, 1.165) is 4.68 Å². The van der Waals surface area contributed by atoms with Gasteiger partial charge in [0.15, 0.2) is 0 Å². The van der Waals surface area contributed by atoms with Gasteiger partial charge in [-0.25, -0.2) is 0 Å². The molecule has 1 aromatic heterocycles. The molecule has 0 saturated heterocycles.